The Balaban J connectivity index is 2.05. The zero-order valence-electron chi connectivity index (χ0n) is 12.0. The summed E-state index contributed by atoms with van der Waals surface area (Å²) in [5, 5.41) is 0.151. The molecule has 0 atom stereocenters. The van der Waals surface area contributed by atoms with Gasteiger partial charge in [0.1, 0.15) is 0 Å². The number of hydrogen-bond acceptors (Lipinski definition) is 3. The van der Waals surface area contributed by atoms with Crippen molar-refractivity contribution < 1.29 is 17.8 Å². The first-order valence-corrected chi connectivity index (χ1v) is 7.01. The van der Waals surface area contributed by atoms with E-state index >= 15 is 0 Å². The van der Waals surface area contributed by atoms with E-state index in [0.717, 1.165) is 12.0 Å². The van der Waals surface area contributed by atoms with Gasteiger partial charge in [-0.25, -0.2) is 0 Å². The molecule has 1 aromatic carbocycles. The predicted molar refractivity (Wildman–Crippen MR) is 82.5 cm³/mol. The summed E-state index contributed by atoms with van der Waals surface area (Å²) in [5.74, 6) is 0.109. The average molecular weight is 324 g/mol. The molecule has 4 nitrogen and oxygen atoms in total. The van der Waals surface area contributed by atoms with E-state index in [1.165, 1.54) is 12.1 Å². The molecule has 1 aliphatic heterocycles. The van der Waals surface area contributed by atoms with Gasteiger partial charge in [0.15, 0.2) is 0 Å². The molecule has 22 heavy (non-hydrogen) atoms. The molecule has 1 aromatic heterocycles. The molecule has 0 radical (unpaired) electrons. The fourth-order valence-corrected chi connectivity index (χ4v) is 2.39. The van der Waals surface area contributed by atoms with Gasteiger partial charge in [0.2, 0.25) is 11.5 Å². The summed E-state index contributed by atoms with van der Waals surface area (Å²) in [6.07, 6.45) is 2.51. The highest BCUT2D eigenvalue weighted by Crippen LogP contribution is 2.28. The highest BCUT2D eigenvalue weighted by atomic mass is 35.5. The van der Waals surface area contributed by atoms with Crippen LogP contribution in [0.15, 0.2) is 36.7 Å². The molecule has 0 bridgehead atoms. The van der Waals surface area contributed by atoms with Crippen LogP contribution in [0, 0.1) is 0 Å². The van der Waals surface area contributed by atoms with Gasteiger partial charge in [0, 0.05) is 37.5 Å². The zero-order chi connectivity index (χ0) is 15.9. The molecule has 0 aliphatic carbocycles. The van der Waals surface area contributed by atoms with Crippen molar-refractivity contribution in [3.63, 3.8) is 0 Å². The van der Waals surface area contributed by atoms with Gasteiger partial charge in [-0.3, -0.25) is 0 Å². The number of benzene rings is 1. The molecule has 2 aromatic rings. The van der Waals surface area contributed by atoms with E-state index < -0.39 is 7.04 Å². The Labute approximate surface area is 131 Å². The second kappa shape index (κ2) is 5.24. The first-order chi connectivity index (χ1) is 10.4. The quantitative estimate of drug-likeness (QED) is 0.629. The molecule has 0 N–H and O–H groups in total. The second-order valence-electron chi connectivity index (χ2n) is 5.17. The molecular formula is C14H13BClF2N3O. The SMILES string of the molecule is CN(C)c1ccc(C2=Cc3cc(Cl)nc[n+]3[B-](F)(F)O2)cc1. The molecule has 0 saturated heterocycles. The molecule has 0 amide bonds. The van der Waals surface area contributed by atoms with Crippen molar-refractivity contribution in [1.29, 1.82) is 0 Å². The highest BCUT2D eigenvalue weighted by Gasteiger charge is 2.44. The van der Waals surface area contributed by atoms with Gasteiger partial charge in [-0.15, -0.1) is 0 Å². The van der Waals surface area contributed by atoms with Crippen LogP contribution in [0.2, 0.25) is 5.15 Å². The fraction of sp³-hybridized carbons (Fsp3) is 0.143. The van der Waals surface area contributed by atoms with Gasteiger partial charge in [-0.1, -0.05) is 0 Å². The molecule has 0 spiro atoms. The summed E-state index contributed by atoms with van der Waals surface area (Å²) in [6.45, 7) is 0. The van der Waals surface area contributed by atoms with E-state index in [1.807, 2.05) is 31.1 Å². The van der Waals surface area contributed by atoms with E-state index in [0.29, 0.717) is 10.0 Å². The van der Waals surface area contributed by atoms with Crippen molar-refractivity contribution >= 4 is 36.2 Å². The molecular weight excluding hydrogens is 310 g/mol. The van der Waals surface area contributed by atoms with Crippen LogP contribution in [0.25, 0.3) is 11.8 Å². The van der Waals surface area contributed by atoms with Crippen molar-refractivity contribution in [3.8, 4) is 0 Å². The number of anilines is 1. The fourth-order valence-electron chi connectivity index (χ4n) is 2.24. The number of nitrogens with zero attached hydrogens (tertiary/aromatic N) is 3. The Morgan fingerprint density at radius 2 is 1.91 bits per heavy atom. The van der Waals surface area contributed by atoms with Gasteiger partial charge >= 0.3 is 7.04 Å². The summed E-state index contributed by atoms with van der Waals surface area (Å²) in [6, 6.07) is 8.55. The lowest BCUT2D eigenvalue weighted by Gasteiger charge is -2.30. The number of rotatable bonds is 2. The van der Waals surface area contributed by atoms with Crippen molar-refractivity contribution in [2.45, 2.75) is 0 Å². The number of fused-ring (bicyclic) bond motifs is 1. The van der Waals surface area contributed by atoms with Crippen LogP contribution >= 0.6 is 11.6 Å². The van der Waals surface area contributed by atoms with Gasteiger partial charge in [0.05, 0.1) is 11.5 Å². The number of hydrogen-bond donors (Lipinski definition) is 0. The largest absolute Gasteiger partial charge is 0.734 e. The highest BCUT2D eigenvalue weighted by molar-refractivity contribution is 6.51. The first-order valence-electron chi connectivity index (χ1n) is 6.63. The van der Waals surface area contributed by atoms with Crippen LogP contribution in [0.5, 0.6) is 0 Å². The smallest absolute Gasteiger partial charge is 0.623 e. The van der Waals surface area contributed by atoms with Crippen LogP contribution in [-0.2, 0) is 4.65 Å². The molecule has 1 aliphatic rings. The van der Waals surface area contributed by atoms with Crippen molar-refractivity contribution in [2.24, 2.45) is 0 Å². The molecule has 0 fully saturated rings. The molecule has 8 heteroatoms. The Morgan fingerprint density at radius 1 is 1.23 bits per heavy atom. The number of aromatic nitrogens is 2. The third-order valence-electron chi connectivity index (χ3n) is 3.41. The van der Waals surface area contributed by atoms with E-state index in [-0.39, 0.29) is 16.6 Å². The Morgan fingerprint density at radius 3 is 2.55 bits per heavy atom. The van der Waals surface area contributed by atoms with Crippen LogP contribution < -0.4 is 9.38 Å². The van der Waals surface area contributed by atoms with Crippen molar-refractivity contribution in [2.75, 3.05) is 19.0 Å². The van der Waals surface area contributed by atoms with Gasteiger partial charge in [0.25, 0.3) is 0 Å². The van der Waals surface area contributed by atoms with Gasteiger partial charge in [-0.2, -0.15) is 0 Å². The number of halogens is 3. The Bertz CT molecular complexity index is 750. The summed E-state index contributed by atoms with van der Waals surface area (Å²) in [5.41, 5.74) is 1.80. The summed E-state index contributed by atoms with van der Waals surface area (Å²) < 4.78 is 33.9. The lowest BCUT2D eigenvalue weighted by molar-refractivity contribution is -0.587. The minimum atomic E-state index is -4.23. The normalized spacial score (nSPS) is 15.6. The van der Waals surface area contributed by atoms with Crippen LogP contribution in [0.1, 0.15) is 11.3 Å². The third kappa shape index (κ3) is 2.64. The van der Waals surface area contributed by atoms with Crippen molar-refractivity contribution in [1.82, 2.24) is 4.98 Å². The van der Waals surface area contributed by atoms with E-state index in [1.54, 1.807) is 12.1 Å². The molecule has 0 saturated carbocycles. The Kier molecular flexibility index (Phi) is 3.52. The molecule has 0 unspecified atom stereocenters. The second-order valence-corrected chi connectivity index (χ2v) is 5.56. The lowest BCUT2D eigenvalue weighted by Crippen LogP contribution is -2.63. The molecule has 114 valence electrons. The van der Waals surface area contributed by atoms with Crippen LogP contribution in [0.4, 0.5) is 14.3 Å². The topological polar surface area (TPSA) is 29.2 Å². The maximum Gasteiger partial charge on any atom is 0.734 e. The zero-order valence-corrected chi connectivity index (χ0v) is 12.8. The van der Waals surface area contributed by atoms with Crippen molar-refractivity contribution in [3.05, 3.63) is 53.1 Å². The van der Waals surface area contributed by atoms with E-state index in [9.17, 15) is 8.63 Å². The average Bonchev–Trinajstić information content (AvgIpc) is 2.46. The Hall–Kier alpha value is -2.15. The van der Waals surface area contributed by atoms with Gasteiger partial charge < -0.3 is 22.7 Å². The third-order valence-corrected chi connectivity index (χ3v) is 3.62. The summed E-state index contributed by atoms with van der Waals surface area (Å²) >= 11 is 5.78. The van der Waals surface area contributed by atoms with Crippen LogP contribution in [-0.4, -0.2) is 26.1 Å². The summed E-state index contributed by atoms with van der Waals surface area (Å²) in [4.78, 5) is 5.59. The lowest BCUT2D eigenvalue weighted by atomic mass is 9.99. The molecule has 3 rings (SSSR count). The van der Waals surface area contributed by atoms with Crippen LogP contribution in [0.3, 0.4) is 0 Å². The predicted octanol–water partition coefficient (Wildman–Crippen LogP) is 2.84. The monoisotopic (exact) mass is 323 g/mol. The first kappa shape index (κ1) is 14.8. The minimum absolute atomic E-state index is 0.109. The standard InChI is InChI=1S/C14H13BClF2N3O/c1-20(2)11-5-3-10(4-6-11)13-7-12-8-14(16)19-9-21(12)15(17,18)22-13/h3-9H,1-2H3. The molecule has 2 heterocycles. The van der Waals surface area contributed by atoms with E-state index in [2.05, 4.69) is 4.98 Å². The maximum atomic E-state index is 14.1. The van der Waals surface area contributed by atoms with Gasteiger partial charge in [-0.05, 0) is 40.9 Å². The summed E-state index contributed by atoms with van der Waals surface area (Å²) in [7, 11) is -0.414. The maximum absolute atomic E-state index is 14.1. The van der Waals surface area contributed by atoms with E-state index in [4.69, 9.17) is 16.3 Å². The minimum Gasteiger partial charge on any atom is -0.623 e.